The number of carbonyl (C=O) groups excluding carboxylic acids is 2. The second-order valence-corrected chi connectivity index (χ2v) is 7.75. The molecule has 0 heterocycles. The number of phenols is 1. The number of hydrogen-bond donors (Lipinski definition) is 4. The van der Waals surface area contributed by atoms with Gasteiger partial charge in [0.1, 0.15) is 11.9 Å². The molecule has 1 atom stereocenters. The lowest BCUT2D eigenvalue weighted by atomic mass is 10.1. The molecular formula is C24H22BrN3O4. The summed E-state index contributed by atoms with van der Waals surface area (Å²) in [6.45, 7) is 0. The lowest BCUT2D eigenvalue weighted by Gasteiger charge is -2.17. The molecule has 0 unspecified atom stereocenters. The first-order chi connectivity index (χ1) is 15.4. The molecule has 7 nitrogen and oxygen atoms in total. The molecule has 164 valence electrons. The number of para-hydroxylation sites is 2. The summed E-state index contributed by atoms with van der Waals surface area (Å²) in [4.78, 5) is 24.6. The minimum absolute atomic E-state index is 0.0992. The number of nitrogens with one attached hydrogen (secondary N) is 2. The second kappa shape index (κ2) is 11.0. The fraction of sp³-hybridized carbons (Fsp3) is 0.0833. The van der Waals surface area contributed by atoms with Gasteiger partial charge in [0.2, 0.25) is 5.91 Å². The van der Waals surface area contributed by atoms with E-state index in [0.717, 1.165) is 4.47 Å². The van der Waals surface area contributed by atoms with Gasteiger partial charge < -0.3 is 20.9 Å². The van der Waals surface area contributed by atoms with E-state index in [1.54, 1.807) is 66.7 Å². The Morgan fingerprint density at radius 3 is 2.38 bits per heavy atom. The molecule has 0 aliphatic heterocycles. The smallest absolute Gasteiger partial charge is 0.412 e. The van der Waals surface area contributed by atoms with Crippen LogP contribution < -0.4 is 16.4 Å². The first kappa shape index (κ1) is 22.9. The van der Waals surface area contributed by atoms with Gasteiger partial charge in [-0.1, -0.05) is 46.3 Å². The van der Waals surface area contributed by atoms with Crippen molar-refractivity contribution >= 4 is 45.0 Å². The van der Waals surface area contributed by atoms with E-state index in [-0.39, 0.29) is 18.1 Å². The third kappa shape index (κ3) is 6.88. The van der Waals surface area contributed by atoms with E-state index < -0.39 is 12.2 Å². The molecule has 3 aromatic rings. The Morgan fingerprint density at radius 1 is 1.00 bits per heavy atom. The Labute approximate surface area is 194 Å². The molecular weight excluding hydrogens is 474 g/mol. The number of amides is 2. The van der Waals surface area contributed by atoms with Crippen LogP contribution in [0.25, 0.3) is 0 Å². The van der Waals surface area contributed by atoms with E-state index in [1.165, 1.54) is 18.2 Å². The zero-order valence-electron chi connectivity index (χ0n) is 17.0. The summed E-state index contributed by atoms with van der Waals surface area (Å²) >= 11 is 3.34. The van der Waals surface area contributed by atoms with E-state index in [4.69, 9.17) is 10.5 Å². The molecule has 0 aliphatic rings. The molecule has 0 bridgehead atoms. The number of nitrogens with two attached hydrogens (primary N) is 1. The lowest BCUT2D eigenvalue weighted by Crippen LogP contribution is -2.17. The average molecular weight is 496 g/mol. The highest BCUT2D eigenvalue weighted by molar-refractivity contribution is 9.10. The van der Waals surface area contributed by atoms with Crippen molar-refractivity contribution in [1.82, 2.24) is 0 Å². The summed E-state index contributed by atoms with van der Waals surface area (Å²) in [5, 5.41) is 14.9. The maximum absolute atomic E-state index is 12.4. The fourth-order valence-electron chi connectivity index (χ4n) is 2.83. The van der Waals surface area contributed by atoms with Crippen LogP contribution in [-0.4, -0.2) is 17.1 Å². The average Bonchev–Trinajstić information content (AvgIpc) is 2.77. The Morgan fingerprint density at radius 2 is 1.69 bits per heavy atom. The summed E-state index contributed by atoms with van der Waals surface area (Å²) < 4.78 is 6.47. The van der Waals surface area contributed by atoms with E-state index in [9.17, 15) is 14.7 Å². The van der Waals surface area contributed by atoms with E-state index in [0.29, 0.717) is 22.6 Å². The summed E-state index contributed by atoms with van der Waals surface area (Å²) in [7, 11) is 0. The number of carbonyl (C=O) groups is 2. The summed E-state index contributed by atoms with van der Waals surface area (Å²) in [5.41, 5.74) is 8.07. The summed E-state index contributed by atoms with van der Waals surface area (Å²) in [5.74, 6) is -0.256. The largest absolute Gasteiger partial charge is 0.508 e. The number of hydrogen-bond acceptors (Lipinski definition) is 5. The van der Waals surface area contributed by atoms with Crippen LogP contribution in [0.4, 0.5) is 21.9 Å². The zero-order valence-corrected chi connectivity index (χ0v) is 18.6. The van der Waals surface area contributed by atoms with Crippen molar-refractivity contribution in [3.8, 4) is 5.75 Å². The minimum atomic E-state index is -0.670. The number of phenolic OH excluding ortho intramolecular Hbond substituents is 1. The minimum Gasteiger partial charge on any atom is -0.508 e. The molecule has 0 spiro atoms. The van der Waals surface area contributed by atoms with Gasteiger partial charge in [-0.05, 0) is 60.2 Å². The second-order valence-electron chi connectivity index (χ2n) is 6.83. The number of nitrogen functional groups attached to an aromatic ring is 1. The van der Waals surface area contributed by atoms with Gasteiger partial charge in [-0.25, -0.2) is 4.79 Å². The zero-order chi connectivity index (χ0) is 22.9. The van der Waals surface area contributed by atoms with Crippen LogP contribution in [-0.2, 0) is 9.53 Å². The Balaban J connectivity index is 1.65. The molecule has 8 heteroatoms. The molecule has 32 heavy (non-hydrogen) atoms. The van der Waals surface area contributed by atoms with Gasteiger partial charge >= 0.3 is 6.09 Å². The van der Waals surface area contributed by atoms with Crippen LogP contribution in [0.1, 0.15) is 18.1 Å². The van der Waals surface area contributed by atoms with Crippen molar-refractivity contribution in [2.75, 3.05) is 16.4 Å². The van der Waals surface area contributed by atoms with Crippen LogP contribution in [0.2, 0.25) is 0 Å². The Hall–Kier alpha value is -3.78. The maximum atomic E-state index is 12.4. The van der Waals surface area contributed by atoms with Gasteiger partial charge in [0.15, 0.2) is 0 Å². The van der Waals surface area contributed by atoms with Gasteiger partial charge in [-0.3, -0.25) is 10.1 Å². The normalized spacial score (nSPS) is 11.7. The van der Waals surface area contributed by atoms with Crippen molar-refractivity contribution in [2.24, 2.45) is 0 Å². The molecule has 0 aliphatic carbocycles. The van der Waals surface area contributed by atoms with Crippen LogP contribution in [0.5, 0.6) is 5.75 Å². The van der Waals surface area contributed by atoms with Crippen LogP contribution in [0.3, 0.4) is 0 Å². The first-order valence-corrected chi connectivity index (χ1v) is 10.5. The van der Waals surface area contributed by atoms with E-state index in [1.807, 2.05) is 0 Å². The highest BCUT2D eigenvalue weighted by atomic mass is 79.9. The Kier molecular flexibility index (Phi) is 7.88. The van der Waals surface area contributed by atoms with Crippen LogP contribution in [0, 0.1) is 0 Å². The standard InChI is InChI=1S/C24H22BrN3O4/c25-17-10-12-18(13-11-17)27-24(31)32-22(16-8-14-19(29)15-9-16)6-3-7-23(30)28-21-5-2-1-4-20(21)26/h1-5,7-15,22,29H,6,26H2,(H,27,31)(H,28,30)/b7-3+/t22-/m1/s1. The summed E-state index contributed by atoms with van der Waals surface area (Å²) in [6.07, 6.45) is 1.91. The quantitative estimate of drug-likeness (QED) is 0.251. The molecule has 2 amide bonds. The summed E-state index contributed by atoms with van der Waals surface area (Å²) in [6, 6.07) is 20.3. The highest BCUT2D eigenvalue weighted by Crippen LogP contribution is 2.25. The number of halogens is 1. The molecule has 3 rings (SSSR count). The molecule has 3 aromatic carbocycles. The van der Waals surface area contributed by atoms with E-state index >= 15 is 0 Å². The third-order valence-corrected chi connectivity index (χ3v) is 4.97. The molecule has 5 N–H and O–H groups in total. The predicted molar refractivity (Wildman–Crippen MR) is 128 cm³/mol. The first-order valence-electron chi connectivity index (χ1n) is 9.75. The van der Waals surface area contributed by atoms with Gasteiger partial charge in [-0.2, -0.15) is 0 Å². The SMILES string of the molecule is Nc1ccccc1NC(=O)/C=C/C[C@@H](OC(=O)Nc1ccc(Br)cc1)c1ccc(O)cc1. The molecule has 0 radical (unpaired) electrons. The number of aromatic hydroxyl groups is 1. The van der Waals surface area contributed by atoms with Crippen molar-refractivity contribution in [2.45, 2.75) is 12.5 Å². The van der Waals surface area contributed by atoms with Gasteiger partial charge in [0.25, 0.3) is 0 Å². The topological polar surface area (TPSA) is 114 Å². The van der Waals surface area contributed by atoms with Crippen molar-refractivity contribution in [3.63, 3.8) is 0 Å². The number of anilines is 3. The van der Waals surface area contributed by atoms with Gasteiger partial charge in [0, 0.05) is 16.6 Å². The monoisotopic (exact) mass is 495 g/mol. The maximum Gasteiger partial charge on any atom is 0.412 e. The molecule has 0 aromatic heterocycles. The van der Waals surface area contributed by atoms with Crippen molar-refractivity contribution < 1.29 is 19.4 Å². The third-order valence-electron chi connectivity index (χ3n) is 4.44. The van der Waals surface area contributed by atoms with Gasteiger partial charge in [-0.15, -0.1) is 0 Å². The predicted octanol–water partition coefficient (Wildman–Crippen LogP) is 5.61. The van der Waals surface area contributed by atoms with Crippen LogP contribution >= 0.6 is 15.9 Å². The number of rotatable bonds is 7. The Bertz CT molecular complexity index is 1100. The van der Waals surface area contributed by atoms with Gasteiger partial charge in [0.05, 0.1) is 11.4 Å². The number of ether oxygens (including phenoxy) is 1. The molecule has 0 fully saturated rings. The molecule has 0 saturated carbocycles. The van der Waals surface area contributed by atoms with Crippen LogP contribution in [0.15, 0.2) is 89.4 Å². The lowest BCUT2D eigenvalue weighted by molar-refractivity contribution is -0.111. The van der Waals surface area contributed by atoms with Crippen molar-refractivity contribution in [3.05, 3.63) is 95.0 Å². The van der Waals surface area contributed by atoms with E-state index in [2.05, 4.69) is 26.6 Å². The molecule has 0 saturated heterocycles. The number of benzene rings is 3. The van der Waals surface area contributed by atoms with Crippen molar-refractivity contribution in [1.29, 1.82) is 0 Å². The fourth-order valence-corrected chi connectivity index (χ4v) is 3.10. The highest BCUT2D eigenvalue weighted by Gasteiger charge is 2.16.